The summed E-state index contributed by atoms with van der Waals surface area (Å²) in [7, 11) is 4.08. The van der Waals surface area contributed by atoms with Crippen molar-refractivity contribution < 1.29 is 4.99 Å². The van der Waals surface area contributed by atoms with E-state index in [0.717, 1.165) is 12.3 Å². The molecule has 1 aromatic carbocycles. The van der Waals surface area contributed by atoms with E-state index in [4.69, 9.17) is 0 Å². The normalized spacial score (nSPS) is 10.2. The lowest BCUT2D eigenvalue weighted by molar-refractivity contribution is -0.440. The number of hydrogen-bond acceptors (Lipinski definition) is 2. The Kier molecular flexibility index (Phi) is 11.2. The van der Waals surface area contributed by atoms with Crippen LogP contribution in [0.25, 0.3) is 6.08 Å². The molecule has 108 valence electrons. The first-order valence-corrected chi connectivity index (χ1v) is 7.13. The van der Waals surface area contributed by atoms with Crippen LogP contribution in [0.5, 0.6) is 0 Å². The van der Waals surface area contributed by atoms with Gasteiger partial charge in [-0.1, -0.05) is 49.1 Å². The molecule has 1 N–H and O–H groups in total. The summed E-state index contributed by atoms with van der Waals surface area (Å²) in [6.45, 7) is 7.88. The van der Waals surface area contributed by atoms with Crippen LogP contribution in [-0.4, -0.2) is 33.1 Å². The molecule has 0 unspecified atom stereocenters. The molecule has 0 spiro atoms. The van der Waals surface area contributed by atoms with Crippen molar-refractivity contribution in [2.75, 3.05) is 31.3 Å². The van der Waals surface area contributed by atoms with Crippen molar-refractivity contribution in [2.24, 2.45) is 0 Å². The summed E-state index contributed by atoms with van der Waals surface area (Å²) >= 11 is 3.90. The lowest BCUT2D eigenvalue weighted by Gasteiger charge is -2.11. The molecule has 2 nitrogen and oxygen atoms in total. The minimum Gasteiger partial charge on any atom is -0.378 e. The SMILES string of the molecule is C=C/C=C/C=C/c1ccc(N(C)C)cc1.C=[NH+]CCS. The molecular formula is C17H25N2S+. The summed E-state index contributed by atoms with van der Waals surface area (Å²) in [5, 5.41) is 0. The average Bonchev–Trinajstić information content (AvgIpc) is 2.46. The van der Waals surface area contributed by atoms with E-state index in [1.165, 1.54) is 11.3 Å². The Morgan fingerprint density at radius 1 is 1.15 bits per heavy atom. The van der Waals surface area contributed by atoms with Gasteiger partial charge in [0.2, 0.25) is 0 Å². The fourth-order valence-corrected chi connectivity index (χ4v) is 1.43. The number of thiol groups is 1. The van der Waals surface area contributed by atoms with Crippen LogP contribution < -0.4 is 9.89 Å². The summed E-state index contributed by atoms with van der Waals surface area (Å²) in [4.78, 5) is 4.78. The van der Waals surface area contributed by atoms with Gasteiger partial charge in [-0.2, -0.15) is 12.6 Å². The van der Waals surface area contributed by atoms with Crippen molar-refractivity contribution in [3.8, 4) is 0 Å². The van der Waals surface area contributed by atoms with Crippen LogP contribution in [0.4, 0.5) is 5.69 Å². The fraction of sp³-hybridized carbons (Fsp3) is 0.235. The number of anilines is 1. The van der Waals surface area contributed by atoms with Gasteiger partial charge in [0.1, 0.15) is 13.3 Å². The predicted octanol–water partition coefficient (Wildman–Crippen LogP) is 2.21. The van der Waals surface area contributed by atoms with E-state index in [1.807, 2.05) is 32.3 Å². The van der Waals surface area contributed by atoms with Gasteiger partial charge in [0, 0.05) is 25.5 Å². The molecule has 1 rings (SSSR count). The number of nitrogens with one attached hydrogen (secondary N) is 1. The number of benzene rings is 1. The molecule has 0 saturated heterocycles. The summed E-state index contributed by atoms with van der Waals surface area (Å²) < 4.78 is 0. The molecule has 0 aliphatic carbocycles. The van der Waals surface area contributed by atoms with Crippen LogP contribution in [0.15, 0.2) is 55.1 Å². The highest BCUT2D eigenvalue weighted by molar-refractivity contribution is 7.80. The smallest absolute Gasteiger partial charge is 0.148 e. The van der Waals surface area contributed by atoms with Gasteiger partial charge in [-0.05, 0) is 17.7 Å². The van der Waals surface area contributed by atoms with Crippen LogP contribution in [0.1, 0.15) is 5.56 Å². The Balaban J connectivity index is 0.000000621. The summed E-state index contributed by atoms with van der Waals surface area (Å²) in [6.07, 6.45) is 9.71. The van der Waals surface area contributed by atoms with Crippen LogP contribution in [0.2, 0.25) is 0 Å². The molecular weight excluding hydrogens is 264 g/mol. The van der Waals surface area contributed by atoms with Crippen LogP contribution >= 0.6 is 12.6 Å². The third-order valence-corrected chi connectivity index (χ3v) is 2.57. The number of allylic oxidation sites excluding steroid dienone is 4. The Hall–Kier alpha value is -1.74. The lowest BCUT2D eigenvalue weighted by Crippen LogP contribution is -2.66. The molecule has 0 radical (unpaired) electrons. The van der Waals surface area contributed by atoms with Crippen molar-refractivity contribution in [2.45, 2.75) is 0 Å². The maximum absolute atomic E-state index is 3.90. The Morgan fingerprint density at radius 2 is 1.80 bits per heavy atom. The van der Waals surface area contributed by atoms with E-state index in [0.29, 0.717) is 0 Å². The number of nitrogens with zero attached hydrogens (tertiary/aromatic N) is 1. The summed E-state index contributed by atoms with van der Waals surface area (Å²) in [6, 6.07) is 8.43. The Morgan fingerprint density at radius 3 is 2.20 bits per heavy atom. The first-order valence-electron chi connectivity index (χ1n) is 6.49. The molecule has 0 bridgehead atoms. The van der Waals surface area contributed by atoms with Crippen LogP contribution in [0.3, 0.4) is 0 Å². The van der Waals surface area contributed by atoms with Gasteiger partial charge in [-0.3, -0.25) is 4.99 Å². The molecule has 20 heavy (non-hydrogen) atoms. The standard InChI is InChI=1S/C14H17N.C3H7NS/c1-4-5-6-7-8-13-9-11-14(12-10-13)15(2)3;1-4-2-3-5/h4-12H,1H2,2-3H3;5H,1-3H2/p+1/b6-5+,8-7+;. The molecule has 3 heteroatoms. The molecule has 0 amide bonds. The maximum atomic E-state index is 3.90. The molecule has 0 saturated carbocycles. The van der Waals surface area contributed by atoms with Crippen molar-refractivity contribution >= 4 is 31.1 Å². The van der Waals surface area contributed by atoms with E-state index in [2.05, 4.69) is 66.2 Å². The quantitative estimate of drug-likeness (QED) is 0.466. The molecule has 0 heterocycles. The van der Waals surface area contributed by atoms with Gasteiger partial charge in [0.15, 0.2) is 0 Å². The molecule has 0 atom stereocenters. The first-order chi connectivity index (χ1) is 9.65. The Bertz CT molecular complexity index is 431. The van der Waals surface area contributed by atoms with E-state index >= 15 is 0 Å². The third kappa shape index (κ3) is 9.22. The van der Waals surface area contributed by atoms with Gasteiger partial charge >= 0.3 is 0 Å². The highest BCUT2D eigenvalue weighted by Crippen LogP contribution is 2.12. The zero-order valence-electron chi connectivity index (χ0n) is 12.4. The molecule has 0 aromatic heterocycles. The maximum Gasteiger partial charge on any atom is 0.148 e. The number of hydrogen-bond donors (Lipinski definition) is 2. The average molecular weight is 289 g/mol. The van der Waals surface area contributed by atoms with E-state index < -0.39 is 0 Å². The van der Waals surface area contributed by atoms with Crippen molar-refractivity contribution in [1.82, 2.24) is 0 Å². The highest BCUT2D eigenvalue weighted by atomic mass is 32.1. The summed E-state index contributed by atoms with van der Waals surface area (Å²) in [5.74, 6) is 0.865. The zero-order chi connectivity index (χ0) is 15.2. The molecule has 0 aliphatic rings. The Labute approximate surface area is 128 Å². The van der Waals surface area contributed by atoms with Crippen molar-refractivity contribution in [3.05, 3.63) is 60.7 Å². The van der Waals surface area contributed by atoms with Gasteiger partial charge in [0.25, 0.3) is 0 Å². The topological polar surface area (TPSA) is 17.2 Å². The van der Waals surface area contributed by atoms with Gasteiger partial charge in [-0.25, -0.2) is 0 Å². The second-order valence-corrected chi connectivity index (χ2v) is 4.64. The predicted molar refractivity (Wildman–Crippen MR) is 95.9 cm³/mol. The molecule has 0 fully saturated rings. The monoisotopic (exact) mass is 289 g/mol. The highest BCUT2D eigenvalue weighted by Gasteiger charge is 1.92. The van der Waals surface area contributed by atoms with E-state index in [-0.39, 0.29) is 0 Å². The van der Waals surface area contributed by atoms with Gasteiger partial charge in [-0.15, -0.1) is 0 Å². The summed E-state index contributed by atoms with van der Waals surface area (Å²) in [5.41, 5.74) is 2.42. The van der Waals surface area contributed by atoms with Gasteiger partial charge in [0.05, 0.1) is 0 Å². The van der Waals surface area contributed by atoms with Crippen LogP contribution in [0, 0.1) is 0 Å². The minimum atomic E-state index is 0.865. The lowest BCUT2D eigenvalue weighted by atomic mass is 10.2. The largest absolute Gasteiger partial charge is 0.378 e. The van der Waals surface area contributed by atoms with E-state index in [1.54, 1.807) is 6.08 Å². The second kappa shape index (κ2) is 12.3. The van der Waals surface area contributed by atoms with Gasteiger partial charge < -0.3 is 4.90 Å². The number of rotatable bonds is 6. The molecule has 0 aliphatic heterocycles. The van der Waals surface area contributed by atoms with Crippen molar-refractivity contribution in [1.29, 1.82) is 0 Å². The molecule has 1 aromatic rings. The first kappa shape index (κ1) is 18.3. The van der Waals surface area contributed by atoms with Crippen molar-refractivity contribution in [3.63, 3.8) is 0 Å². The second-order valence-electron chi connectivity index (χ2n) is 4.19. The van der Waals surface area contributed by atoms with E-state index in [9.17, 15) is 0 Å². The van der Waals surface area contributed by atoms with Crippen LogP contribution in [-0.2, 0) is 0 Å². The minimum absolute atomic E-state index is 0.865. The third-order valence-electron chi connectivity index (χ3n) is 2.35. The fourth-order valence-electron chi connectivity index (χ4n) is 1.27. The zero-order valence-corrected chi connectivity index (χ0v) is 13.3.